The van der Waals surface area contributed by atoms with E-state index >= 15 is 0 Å². The third kappa shape index (κ3) is 1.94. The molecule has 5 heteroatoms. The Morgan fingerprint density at radius 1 is 0.905 bits per heavy atom. The summed E-state index contributed by atoms with van der Waals surface area (Å²) >= 11 is 0. The van der Waals surface area contributed by atoms with Gasteiger partial charge in [0.15, 0.2) is 0 Å². The predicted molar refractivity (Wildman–Crippen MR) is 77.6 cm³/mol. The van der Waals surface area contributed by atoms with E-state index in [1.807, 2.05) is 30.3 Å². The molecule has 0 aliphatic rings. The van der Waals surface area contributed by atoms with Crippen LogP contribution in [0.3, 0.4) is 0 Å². The van der Waals surface area contributed by atoms with E-state index in [9.17, 15) is 9.59 Å². The third-order valence-corrected chi connectivity index (χ3v) is 3.46. The first-order valence-electron chi connectivity index (χ1n) is 6.37. The van der Waals surface area contributed by atoms with Gasteiger partial charge >= 0.3 is 11.9 Å². The van der Waals surface area contributed by atoms with Crippen LogP contribution in [0.5, 0.6) is 0 Å². The van der Waals surface area contributed by atoms with Crippen molar-refractivity contribution in [1.82, 2.24) is 4.40 Å². The highest BCUT2D eigenvalue weighted by Gasteiger charge is 2.24. The molecule has 2 heterocycles. The Balaban J connectivity index is 2.43. The minimum absolute atomic E-state index is 0.195. The van der Waals surface area contributed by atoms with E-state index in [0.717, 1.165) is 10.9 Å². The maximum atomic E-state index is 12.0. The molecule has 0 amide bonds. The van der Waals surface area contributed by atoms with Gasteiger partial charge in [0.05, 0.1) is 36.4 Å². The van der Waals surface area contributed by atoms with Crippen LogP contribution in [0.2, 0.25) is 0 Å². The molecule has 0 saturated heterocycles. The van der Waals surface area contributed by atoms with Crippen LogP contribution in [0.25, 0.3) is 16.4 Å². The fraction of sp³-hybridized carbons (Fsp3) is 0.125. The Labute approximate surface area is 120 Å². The maximum absolute atomic E-state index is 12.0. The van der Waals surface area contributed by atoms with E-state index < -0.39 is 11.9 Å². The lowest BCUT2D eigenvalue weighted by Gasteiger charge is -2.03. The van der Waals surface area contributed by atoms with Crippen LogP contribution in [-0.2, 0) is 9.47 Å². The number of ether oxygens (including phenoxy) is 2. The number of para-hydroxylation sites is 1. The lowest BCUT2D eigenvalue weighted by Crippen LogP contribution is -2.09. The Kier molecular flexibility index (Phi) is 3.10. The van der Waals surface area contributed by atoms with Gasteiger partial charge in [0.1, 0.15) is 0 Å². The quantitative estimate of drug-likeness (QED) is 0.678. The summed E-state index contributed by atoms with van der Waals surface area (Å²) in [6.45, 7) is 0. The molecule has 2 aromatic heterocycles. The average Bonchev–Trinajstić information content (AvgIpc) is 2.93. The number of aromatic nitrogens is 1. The van der Waals surface area contributed by atoms with E-state index in [4.69, 9.17) is 9.47 Å². The van der Waals surface area contributed by atoms with Gasteiger partial charge in [-0.15, -0.1) is 0 Å². The predicted octanol–water partition coefficient (Wildman–Crippen LogP) is 2.67. The van der Waals surface area contributed by atoms with Crippen LogP contribution in [0.4, 0.5) is 0 Å². The molecule has 0 aliphatic heterocycles. The summed E-state index contributed by atoms with van der Waals surface area (Å²) in [5.74, 6) is -1.13. The number of carbonyl (C=O) groups is 2. The van der Waals surface area contributed by atoms with Crippen molar-refractivity contribution in [3.8, 4) is 0 Å². The molecule has 3 aromatic rings. The monoisotopic (exact) mass is 283 g/mol. The number of benzene rings is 1. The highest BCUT2D eigenvalue weighted by molar-refractivity contribution is 6.09. The molecule has 0 saturated carbocycles. The average molecular weight is 283 g/mol. The van der Waals surface area contributed by atoms with Gasteiger partial charge in [-0.05, 0) is 17.5 Å². The van der Waals surface area contributed by atoms with Gasteiger partial charge in [-0.25, -0.2) is 9.59 Å². The van der Waals surface area contributed by atoms with Crippen molar-refractivity contribution in [3.05, 3.63) is 53.7 Å². The van der Waals surface area contributed by atoms with Crippen LogP contribution in [0.1, 0.15) is 20.7 Å². The highest BCUT2D eigenvalue weighted by atomic mass is 16.5. The van der Waals surface area contributed by atoms with Crippen molar-refractivity contribution in [2.75, 3.05) is 14.2 Å². The van der Waals surface area contributed by atoms with Crippen molar-refractivity contribution >= 4 is 28.4 Å². The lowest BCUT2D eigenvalue weighted by atomic mass is 10.1. The normalized spacial score (nSPS) is 10.8. The minimum Gasteiger partial charge on any atom is -0.465 e. The second-order valence-electron chi connectivity index (χ2n) is 4.55. The summed E-state index contributed by atoms with van der Waals surface area (Å²) in [5.41, 5.74) is 1.92. The van der Waals surface area contributed by atoms with Crippen molar-refractivity contribution in [3.63, 3.8) is 0 Å². The van der Waals surface area contributed by atoms with E-state index in [1.165, 1.54) is 14.2 Å². The topological polar surface area (TPSA) is 57.0 Å². The van der Waals surface area contributed by atoms with Crippen molar-refractivity contribution in [2.45, 2.75) is 0 Å². The molecular formula is C16H13NO4. The molecule has 106 valence electrons. The second kappa shape index (κ2) is 4.94. The molecule has 0 unspecified atom stereocenters. The Morgan fingerprint density at radius 2 is 1.62 bits per heavy atom. The van der Waals surface area contributed by atoms with E-state index in [-0.39, 0.29) is 11.1 Å². The van der Waals surface area contributed by atoms with Crippen LogP contribution < -0.4 is 0 Å². The fourth-order valence-electron chi connectivity index (χ4n) is 2.48. The number of fused-ring (bicyclic) bond motifs is 3. The van der Waals surface area contributed by atoms with Crippen molar-refractivity contribution < 1.29 is 19.1 Å². The van der Waals surface area contributed by atoms with Gasteiger partial charge in [0.25, 0.3) is 0 Å². The summed E-state index contributed by atoms with van der Waals surface area (Å²) in [7, 11) is 2.57. The molecule has 3 rings (SSSR count). The molecule has 21 heavy (non-hydrogen) atoms. The van der Waals surface area contributed by atoms with E-state index in [0.29, 0.717) is 5.52 Å². The molecule has 1 aromatic carbocycles. The summed E-state index contributed by atoms with van der Waals surface area (Å²) < 4.78 is 11.3. The van der Waals surface area contributed by atoms with Gasteiger partial charge < -0.3 is 13.9 Å². The Hall–Kier alpha value is -2.82. The first-order chi connectivity index (χ1) is 10.2. The Morgan fingerprint density at radius 3 is 2.33 bits per heavy atom. The number of nitrogens with zero attached hydrogens (tertiary/aromatic N) is 1. The number of methoxy groups -OCH3 is 2. The van der Waals surface area contributed by atoms with Gasteiger partial charge in [0, 0.05) is 6.20 Å². The molecule has 0 bridgehead atoms. The number of rotatable bonds is 2. The van der Waals surface area contributed by atoms with Crippen LogP contribution >= 0.6 is 0 Å². The fourth-order valence-corrected chi connectivity index (χ4v) is 2.48. The standard InChI is InChI=1S/C16H13NO4/c1-20-15(18)11-9-17-12-6-4-3-5-10(12)7-8-13(17)14(11)16(19)21-2/h3-9H,1-2H3. The number of esters is 2. The van der Waals surface area contributed by atoms with Crippen molar-refractivity contribution in [2.24, 2.45) is 0 Å². The summed E-state index contributed by atoms with van der Waals surface area (Å²) in [4.78, 5) is 23.9. The van der Waals surface area contributed by atoms with E-state index in [2.05, 4.69) is 0 Å². The zero-order valence-electron chi connectivity index (χ0n) is 11.6. The zero-order chi connectivity index (χ0) is 15.0. The van der Waals surface area contributed by atoms with Crippen molar-refractivity contribution in [1.29, 1.82) is 0 Å². The molecular weight excluding hydrogens is 270 g/mol. The van der Waals surface area contributed by atoms with Crippen LogP contribution in [0.15, 0.2) is 42.6 Å². The molecule has 5 nitrogen and oxygen atoms in total. The number of pyridine rings is 1. The molecule has 0 radical (unpaired) electrons. The van der Waals surface area contributed by atoms with Gasteiger partial charge in [0.2, 0.25) is 0 Å². The second-order valence-corrected chi connectivity index (χ2v) is 4.55. The molecule has 0 N–H and O–H groups in total. The third-order valence-electron chi connectivity index (χ3n) is 3.46. The van der Waals surface area contributed by atoms with E-state index in [1.54, 1.807) is 16.7 Å². The molecule has 0 aliphatic carbocycles. The SMILES string of the molecule is COC(=O)c1cn2c(ccc3ccccc32)c1C(=O)OC. The number of carbonyl (C=O) groups excluding carboxylic acids is 2. The maximum Gasteiger partial charge on any atom is 0.340 e. The van der Waals surface area contributed by atoms with Crippen LogP contribution in [0, 0.1) is 0 Å². The number of hydrogen-bond acceptors (Lipinski definition) is 4. The largest absolute Gasteiger partial charge is 0.465 e. The van der Waals surface area contributed by atoms with Crippen LogP contribution in [-0.4, -0.2) is 30.6 Å². The first-order valence-corrected chi connectivity index (χ1v) is 6.37. The zero-order valence-corrected chi connectivity index (χ0v) is 11.6. The summed E-state index contributed by atoms with van der Waals surface area (Å²) in [6, 6.07) is 11.4. The summed E-state index contributed by atoms with van der Waals surface area (Å²) in [6.07, 6.45) is 1.61. The van der Waals surface area contributed by atoms with Gasteiger partial charge in [-0.1, -0.05) is 24.3 Å². The lowest BCUT2D eigenvalue weighted by molar-refractivity contribution is 0.0558. The smallest absolute Gasteiger partial charge is 0.340 e. The first kappa shape index (κ1) is 13.2. The Bertz CT molecular complexity index is 863. The molecule has 0 fully saturated rings. The molecule has 0 spiro atoms. The van der Waals surface area contributed by atoms with Gasteiger partial charge in [-0.2, -0.15) is 0 Å². The minimum atomic E-state index is -0.566. The number of hydrogen-bond donors (Lipinski definition) is 0. The molecule has 0 atom stereocenters. The highest BCUT2D eigenvalue weighted by Crippen LogP contribution is 2.25. The summed E-state index contributed by atoms with van der Waals surface area (Å²) in [5, 5.41) is 1.01. The van der Waals surface area contributed by atoms with Gasteiger partial charge in [-0.3, -0.25) is 0 Å².